The molecule has 0 saturated carbocycles. The molecule has 0 rings (SSSR count). The van der Waals surface area contributed by atoms with Crippen molar-refractivity contribution in [1.29, 1.82) is 0 Å². The third-order valence-corrected chi connectivity index (χ3v) is 2.15. The summed E-state index contributed by atoms with van der Waals surface area (Å²) in [4.78, 5) is 9.68. The van der Waals surface area contributed by atoms with Gasteiger partial charge in [-0.05, 0) is 6.42 Å². The Balaban J connectivity index is 3.21. The van der Waals surface area contributed by atoms with Gasteiger partial charge in [0.25, 0.3) is 0 Å². The van der Waals surface area contributed by atoms with Crippen molar-refractivity contribution in [1.82, 2.24) is 0 Å². The topological polar surface area (TPSA) is 40.1 Å². The van der Waals surface area contributed by atoms with Crippen molar-refractivity contribution in [2.75, 3.05) is 0 Å². The highest BCUT2D eigenvalue weighted by atomic mass is 79.9. The van der Waals surface area contributed by atoms with Gasteiger partial charge in [0.1, 0.15) is 0 Å². The Morgan fingerprint density at radius 1 is 1.60 bits per heavy atom. The van der Waals surface area contributed by atoms with Gasteiger partial charge in [-0.3, -0.25) is 0 Å². The van der Waals surface area contributed by atoms with Crippen LogP contribution in [0.5, 0.6) is 0 Å². The van der Waals surface area contributed by atoms with Crippen molar-refractivity contribution in [2.45, 2.75) is 37.4 Å². The highest BCUT2D eigenvalue weighted by Gasteiger charge is 2.02. The van der Waals surface area contributed by atoms with Crippen LogP contribution in [0.25, 0.3) is 0 Å². The van der Waals surface area contributed by atoms with Crippen LogP contribution in [0, 0.1) is 0 Å². The number of carboxylic acids is 1. The Hall–Kier alpha value is -0.0500. The quantitative estimate of drug-likeness (QED) is 0.501. The zero-order valence-electron chi connectivity index (χ0n) is 6.10. The lowest BCUT2D eigenvalue weighted by molar-refractivity contribution is -0.304. The van der Waals surface area contributed by atoms with Crippen LogP contribution in [0.3, 0.4) is 0 Å². The van der Waals surface area contributed by atoms with E-state index in [-0.39, 0.29) is 0 Å². The van der Waals surface area contributed by atoms with Gasteiger partial charge in [-0.15, -0.1) is 0 Å². The molecule has 0 spiro atoms. The summed E-state index contributed by atoms with van der Waals surface area (Å²) in [6, 6.07) is 0. The van der Waals surface area contributed by atoms with E-state index in [0.717, 1.165) is 19.3 Å². The fraction of sp³-hybridized carbons (Fsp3) is 0.857. The molecule has 0 heterocycles. The fourth-order valence-electron chi connectivity index (χ4n) is 0.691. The zero-order chi connectivity index (χ0) is 7.98. The van der Waals surface area contributed by atoms with E-state index in [0.29, 0.717) is 6.42 Å². The fourth-order valence-corrected chi connectivity index (χ4v) is 1.02. The lowest BCUT2D eigenvalue weighted by atomic mass is 10.2. The summed E-state index contributed by atoms with van der Waals surface area (Å²) in [6.07, 6.45) is 3.85. The summed E-state index contributed by atoms with van der Waals surface area (Å²) in [5, 5.41) is 10.1. The van der Waals surface area contributed by atoms with Gasteiger partial charge >= 0.3 is 0 Å². The smallest absolute Gasteiger partial charge is 0.0551 e. The van der Waals surface area contributed by atoms with Gasteiger partial charge in [0, 0.05) is 0 Å². The van der Waals surface area contributed by atoms with Crippen LogP contribution in [0.4, 0.5) is 0 Å². The molecule has 0 bridgehead atoms. The minimum Gasteiger partial charge on any atom is -0.549 e. The summed E-state index contributed by atoms with van der Waals surface area (Å²) in [7, 11) is 0. The van der Waals surface area contributed by atoms with E-state index in [2.05, 4.69) is 22.9 Å². The van der Waals surface area contributed by atoms with E-state index in [4.69, 9.17) is 0 Å². The molecular weight excluding hydrogens is 196 g/mol. The Morgan fingerprint density at radius 3 is 2.60 bits per heavy atom. The molecule has 0 N–H and O–H groups in total. The lowest BCUT2D eigenvalue weighted by Crippen LogP contribution is -2.31. The number of unbranched alkanes of at least 4 members (excludes halogenated alkanes) is 2. The van der Waals surface area contributed by atoms with Gasteiger partial charge in [0.15, 0.2) is 0 Å². The van der Waals surface area contributed by atoms with Gasteiger partial charge < -0.3 is 9.90 Å². The number of carbonyl (C=O) groups is 1. The van der Waals surface area contributed by atoms with E-state index in [1.807, 2.05) is 0 Å². The molecule has 0 saturated heterocycles. The molecule has 1 atom stereocenters. The van der Waals surface area contributed by atoms with Crippen LogP contribution >= 0.6 is 15.9 Å². The second-order valence-electron chi connectivity index (χ2n) is 2.28. The maximum Gasteiger partial charge on any atom is 0.0551 e. The highest BCUT2D eigenvalue weighted by molar-refractivity contribution is 9.10. The molecule has 0 aliphatic carbocycles. The van der Waals surface area contributed by atoms with Crippen LogP contribution in [0.1, 0.15) is 32.6 Å². The van der Waals surface area contributed by atoms with Crippen molar-refractivity contribution >= 4 is 21.9 Å². The van der Waals surface area contributed by atoms with Crippen molar-refractivity contribution in [3.63, 3.8) is 0 Å². The molecule has 0 unspecified atom stereocenters. The Kier molecular flexibility index (Phi) is 5.69. The summed E-state index contributed by atoms with van der Waals surface area (Å²) >= 11 is 3.01. The Labute approximate surface area is 69.8 Å². The first-order valence-electron chi connectivity index (χ1n) is 3.53. The largest absolute Gasteiger partial charge is 0.549 e. The molecule has 3 heteroatoms. The second kappa shape index (κ2) is 5.71. The van der Waals surface area contributed by atoms with Crippen molar-refractivity contribution in [2.24, 2.45) is 0 Å². The number of alkyl halides is 1. The minimum atomic E-state index is -1.00. The maximum atomic E-state index is 10.1. The summed E-state index contributed by atoms with van der Waals surface area (Å²) in [5.74, 6) is -1.00. The molecular formula is C7H12BrO2-. The number of halogens is 1. The first kappa shape index (κ1) is 9.95. The van der Waals surface area contributed by atoms with Crippen LogP contribution in [0.2, 0.25) is 0 Å². The number of carboxylic acid groups (broad SMARTS) is 1. The molecule has 0 amide bonds. The lowest BCUT2D eigenvalue weighted by Gasteiger charge is -2.08. The first-order valence-corrected chi connectivity index (χ1v) is 4.45. The van der Waals surface area contributed by atoms with E-state index >= 15 is 0 Å². The molecule has 0 aromatic carbocycles. The molecule has 0 aliphatic heterocycles. The van der Waals surface area contributed by atoms with Gasteiger partial charge in [-0.25, -0.2) is 0 Å². The van der Waals surface area contributed by atoms with E-state index in [1.165, 1.54) is 0 Å². The molecule has 10 heavy (non-hydrogen) atoms. The molecule has 2 nitrogen and oxygen atoms in total. The third-order valence-electron chi connectivity index (χ3n) is 1.32. The first-order chi connectivity index (χ1) is 4.68. The van der Waals surface area contributed by atoms with Gasteiger partial charge in [-0.1, -0.05) is 42.1 Å². The van der Waals surface area contributed by atoms with Gasteiger partial charge in [0.05, 0.1) is 10.8 Å². The monoisotopic (exact) mass is 207 g/mol. The predicted octanol–water partition coefficient (Wildman–Crippen LogP) is 1.08. The normalized spacial score (nSPS) is 13.0. The highest BCUT2D eigenvalue weighted by Crippen LogP contribution is 2.09. The molecule has 0 aromatic rings. The van der Waals surface area contributed by atoms with Crippen molar-refractivity contribution in [3.8, 4) is 0 Å². The second-order valence-corrected chi connectivity index (χ2v) is 3.39. The molecule has 0 radical (unpaired) electrons. The Morgan fingerprint density at radius 2 is 2.20 bits per heavy atom. The maximum absolute atomic E-state index is 10.1. The summed E-state index contributed by atoms with van der Waals surface area (Å²) in [6.45, 7) is 2.09. The van der Waals surface area contributed by atoms with E-state index < -0.39 is 10.8 Å². The molecule has 0 aliphatic rings. The number of rotatable bonds is 5. The molecule has 60 valence electrons. The van der Waals surface area contributed by atoms with Crippen molar-refractivity contribution < 1.29 is 9.90 Å². The van der Waals surface area contributed by atoms with E-state index in [9.17, 15) is 9.90 Å². The van der Waals surface area contributed by atoms with E-state index in [1.54, 1.807) is 0 Å². The molecule has 0 aromatic heterocycles. The SMILES string of the molecule is CCCCC[C@@H](Br)C(=O)[O-]. The zero-order valence-corrected chi connectivity index (χ0v) is 7.69. The molecule has 0 fully saturated rings. The van der Waals surface area contributed by atoms with Gasteiger partial charge in [-0.2, -0.15) is 0 Å². The summed E-state index contributed by atoms with van der Waals surface area (Å²) < 4.78 is 0. The Bertz CT molecular complexity index is 104. The average molecular weight is 208 g/mol. The van der Waals surface area contributed by atoms with Crippen molar-refractivity contribution in [3.05, 3.63) is 0 Å². The van der Waals surface area contributed by atoms with Crippen LogP contribution in [-0.4, -0.2) is 10.8 Å². The van der Waals surface area contributed by atoms with Gasteiger partial charge in [0.2, 0.25) is 0 Å². The minimum absolute atomic E-state index is 0.459. The number of hydrogen-bond acceptors (Lipinski definition) is 2. The number of carbonyl (C=O) groups excluding carboxylic acids is 1. The van der Waals surface area contributed by atoms with Crippen LogP contribution in [-0.2, 0) is 4.79 Å². The van der Waals surface area contributed by atoms with Crippen LogP contribution in [0.15, 0.2) is 0 Å². The average Bonchev–Trinajstić information content (AvgIpc) is 1.88. The third kappa shape index (κ3) is 4.79. The predicted molar refractivity (Wildman–Crippen MR) is 41.9 cm³/mol. The summed E-state index contributed by atoms with van der Waals surface area (Å²) in [5.41, 5.74) is 0. The standard InChI is InChI=1S/C7H13BrO2/c1-2-3-4-5-6(8)7(9)10/h6H,2-5H2,1H3,(H,9,10)/p-1/t6-/m1/s1. The number of aliphatic carboxylic acids is 1. The number of hydrogen-bond donors (Lipinski definition) is 0. The van der Waals surface area contributed by atoms with Crippen LogP contribution < -0.4 is 5.11 Å².